The van der Waals surface area contributed by atoms with Gasteiger partial charge in [-0.1, -0.05) is 73.7 Å². The molecular formula is C30H31N3O3. The maximum absolute atomic E-state index is 14.1. The summed E-state index contributed by atoms with van der Waals surface area (Å²) in [4.78, 5) is 30.0. The predicted octanol–water partition coefficient (Wildman–Crippen LogP) is 4.44. The number of aliphatic hydroxyl groups excluding tert-OH is 1. The summed E-state index contributed by atoms with van der Waals surface area (Å²) in [6, 6.07) is 26.6. The summed E-state index contributed by atoms with van der Waals surface area (Å²) in [6.07, 6.45) is 1.01. The van der Waals surface area contributed by atoms with Crippen LogP contribution in [0.1, 0.15) is 47.4 Å². The third-order valence-electron chi connectivity index (χ3n) is 6.97. The van der Waals surface area contributed by atoms with Gasteiger partial charge in [0, 0.05) is 36.1 Å². The molecular weight excluding hydrogens is 450 g/mol. The Kier molecular flexibility index (Phi) is 6.98. The van der Waals surface area contributed by atoms with Crippen molar-refractivity contribution in [2.75, 3.05) is 13.1 Å². The number of carbonyl (C=O) groups excluding carboxylic acids is 1. The molecule has 1 fully saturated rings. The Bertz CT molecular complexity index is 1420. The molecule has 0 bridgehead atoms. The predicted molar refractivity (Wildman–Crippen MR) is 142 cm³/mol. The van der Waals surface area contributed by atoms with Gasteiger partial charge in [-0.15, -0.1) is 0 Å². The van der Waals surface area contributed by atoms with Crippen molar-refractivity contribution in [3.8, 4) is 5.69 Å². The van der Waals surface area contributed by atoms with Gasteiger partial charge in [-0.2, -0.15) is 0 Å². The van der Waals surface area contributed by atoms with E-state index in [2.05, 4.69) is 10.2 Å². The van der Waals surface area contributed by atoms with Gasteiger partial charge in [0.15, 0.2) is 0 Å². The molecule has 4 aromatic rings. The quantitative estimate of drug-likeness (QED) is 0.409. The van der Waals surface area contributed by atoms with Crippen molar-refractivity contribution >= 4 is 16.7 Å². The van der Waals surface area contributed by atoms with Crippen LogP contribution < -0.4 is 10.9 Å². The average Bonchev–Trinajstić information content (AvgIpc) is 3.33. The van der Waals surface area contributed by atoms with Crippen molar-refractivity contribution in [1.82, 2.24) is 14.8 Å². The summed E-state index contributed by atoms with van der Waals surface area (Å²) in [7, 11) is 0. The summed E-state index contributed by atoms with van der Waals surface area (Å²) in [5.41, 5.74) is 2.74. The highest BCUT2D eigenvalue weighted by molar-refractivity contribution is 6.08. The molecule has 6 nitrogen and oxygen atoms in total. The minimum atomic E-state index is -0.401. The molecule has 0 spiro atoms. The van der Waals surface area contributed by atoms with E-state index in [-0.39, 0.29) is 17.5 Å². The Labute approximate surface area is 210 Å². The molecule has 0 saturated carbocycles. The molecule has 1 aliphatic heterocycles. The first-order valence-corrected chi connectivity index (χ1v) is 12.5. The number of aliphatic hydroxyl groups is 1. The first-order valence-electron chi connectivity index (χ1n) is 12.5. The SMILES string of the molecule is CC[C@H](NC(=O)c1c(CN2CC[C@H](O)C2)n(-c2ccccc2)c(=O)c2ccccc12)c1ccccc1. The first kappa shape index (κ1) is 24.0. The number of hydrogen-bond acceptors (Lipinski definition) is 4. The van der Waals surface area contributed by atoms with E-state index in [9.17, 15) is 14.7 Å². The summed E-state index contributed by atoms with van der Waals surface area (Å²) >= 11 is 0. The Morgan fingerprint density at radius 2 is 1.61 bits per heavy atom. The van der Waals surface area contributed by atoms with Crippen molar-refractivity contribution in [2.45, 2.75) is 38.5 Å². The molecule has 184 valence electrons. The Balaban J connectivity index is 1.70. The van der Waals surface area contributed by atoms with Crippen molar-refractivity contribution in [3.63, 3.8) is 0 Å². The van der Waals surface area contributed by atoms with Gasteiger partial charge in [0.1, 0.15) is 0 Å². The van der Waals surface area contributed by atoms with Gasteiger partial charge in [0.2, 0.25) is 0 Å². The molecule has 0 radical (unpaired) electrons. The number of β-amino-alcohol motifs (C(OH)–C–C–N with tert-alkyl or cyclic N) is 1. The molecule has 1 aliphatic rings. The van der Waals surface area contributed by atoms with Crippen LogP contribution in [0.25, 0.3) is 16.5 Å². The zero-order valence-electron chi connectivity index (χ0n) is 20.4. The number of fused-ring (bicyclic) bond motifs is 1. The van der Waals surface area contributed by atoms with Gasteiger partial charge in [-0.25, -0.2) is 0 Å². The second-order valence-electron chi connectivity index (χ2n) is 9.37. The van der Waals surface area contributed by atoms with Crippen LogP contribution in [0.4, 0.5) is 0 Å². The number of benzene rings is 3. The Morgan fingerprint density at radius 3 is 2.25 bits per heavy atom. The summed E-state index contributed by atoms with van der Waals surface area (Å²) in [5, 5.41) is 14.5. The van der Waals surface area contributed by atoms with Gasteiger partial charge in [0.05, 0.1) is 23.4 Å². The fourth-order valence-corrected chi connectivity index (χ4v) is 5.16. The monoisotopic (exact) mass is 481 g/mol. The largest absolute Gasteiger partial charge is 0.392 e. The minimum absolute atomic E-state index is 0.154. The molecule has 1 aromatic heterocycles. The van der Waals surface area contributed by atoms with Crippen LogP contribution in [0.2, 0.25) is 0 Å². The van der Waals surface area contributed by atoms with Crippen molar-refractivity contribution in [1.29, 1.82) is 0 Å². The highest BCUT2D eigenvalue weighted by Gasteiger charge is 2.28. The van der Waals surface area contributed by atoms with Gasteiger partial charge in [-0.3, -0.25) is 19.1 Å². The number of aromatic nitrogens is 1. The number of likely N-dealkylation sites (tertiary alicyclic amines) is 1. The standard InChI is InChI=1S/C30H31N3O3/c1-2-26(21-11-5-3-6-12-21)31-29(35)28-24-15-9-10-16-25(24)30(36)33(22-13-7-4-8-14-22)27(28)20-32-18-17-23(34)19-32/h3-16,23,26,34H,2,17-20H2,1H3,(H,31,35)/t23-,26-/m0/s1. The number of pyridine rings is 1. The second-order valence-corrected chi connectivity index (χ2v) is 9.37. The number of nitrogens with zero attached hydrogens (tertiary/aromatic N) is 2. The maximum Gasteiger partial charge on any atom is 0.263 e. The molecule has 2 heterocycles. The van der Waals surface area contributed by atoms with E-state index in [1.165, 1.54) is 0 Å². The molecule has 0 unspecified atom stereocenters. The number of para-hydroxylation sites is 1. The minimum Gasteiger partial charge on any atom is -0.392 e. The highest BCUT2D eigenvalue weighted by atomic mass is 16.3. The molecule has 36 heavy (non-hydrogen) atoms. The summed E-state index contributed by atoms with van der Waals surface area (Å²) < 4.78 is 1.67. The van der Waals surface area contributed by atoms with E-state index < -0.39 is 6.10 Å². The second kappa shape index (κ2) is 10.5. The zero-order chi connectivity index (χ0) is 25.1. The summed E-state index contributed by atoms with van der Waals surface area (Å²) in [5.74, 6) is -0.207. The lowest BCUT2D eigenvalue weighted by Crippen LogP contribution is -2.35. The van der Waals surface area contributed by atoms with E-state index in [0.29, 0.717) is 53.8 Å². The van der Waals surface area contributed by atoms with E-state index in [1.807, 2.05) is 85.8 Å². The molecule has 2 atom stereocenters. The van der Waals surface area contributed by atoms with Crippen molar-refractivity contribution < 1.29 is 9.90 Å². The van der Waals surface area contributed by atoms with Crippen LogP contribution in [0.5, 0.6) is 0 Å². The fraction of sp³-hybridized carbons (Fsp3) is 0.267. The Hall–Kier alpha value is -3.74. The third-order valence-corrected chi connectivity index (χ3v) is 6.97. The lowest BCUT2D eigenvalue weighted by atomic mass is 9.99. The van der Waals surface area contributed by atoms with Gasteiger partial charge in [0.25, 0.3) is 11.5 Å². The van der Waals surface area contributed by atoms with Gasteiger partial charge >= 0.3 is 0 Å². The van der Waals surface area contributed by atoms with Crippen LogP contribution >= 0.6 is 0 Å². The lowest BCUT2D eigenvalue weighted by molar-refractivity contribution is 0.0934. The zero-order valence-corrected chi connectivity index (χ0v) is 20.4. The lowest BCUT2D eigenvalue weighted by Gasteiger charge is -2.25. The molecule has 0 aliphatic carbocycles. The normalized spacial score (nSPS) is 16.8. The number of rotatable bonds is 7. The van der Waals surface area contributed by atoms with Gasteiger partial charge < -0.3 is 10.4 Å². The molecule has 2 N–H and O–H groups in total. The summed E-state index contributed by atoms with van der Waals surface area (Å²) in [6.45, 7) is 3.66. The van der Waals surface area contributed by atoms with Crippen molar-refractivity contribution in [2.24, 2.45) is 0 Å². The number of amides is 1. The van der Waals surface area contributed by atoms with E-state index >= 15 is 0 Å². The third kappa shape index (κ3) is 4.70. The van der Waals surface area contributed by atoms with E-state index in [4.69, 9.17) is 0 Å². The fourth-order valence-electron chi connectivity index (χ4n) is 5.16. The van der Waals surface area contributed by atoms with E-state index in [1.54, 1.807) is 10.6 Å². The molecule has 5 rings (SSSR count). The number of nitrogens with one attached hydrogen (secondary N) is 1. The molecule has 1 saturated heterocycles. The van der Waals surface area contributed by atoms with Crippen molar-refractivity contribution in [3.05, 3.63) is 112 Å². The number of hydrogen-bond donors (Lipinski definition) is 2. The topological polar surface area (TPSA) is 74.6 Å². The van der Waals surface area contributed by atoms with Crippen LogP contribution in [0.3, 0.4) is 0 Å². The molecule has 6 heteroatoms. The maximum atomic E-state index is 14.1. The van der Waals surface area contributed by atoms with Crippen LogP contribution in [0, 0.1) is 0 Å². The van der Waals surface area contributed by atoms with E-state index in [0.717, 1.165) is 12.0 Å². The van der Waals surface area contributed by atoms with Crippen LogP contribution in [0.15, 0.2) is 89.7 Å². The van der Waals surface area contributed by atoms with Crippen LogP contribution in [-0.2, 0) is 6.54 Å². The molecule has 3 aromatic carbocycles. The highest BCUT2D eigenvalue weighted by Crippen LogP contribution is 2.27. The average molecular weight is 482 g/mol. The molecule has 1 amide bonds. The van der Waals surface area contributed by atoms with Gasteiger partial charge in [-0.05, 0) is 36.6 Å². The first-order chi connectivity index (χ1) is 17.6. The Morgan fingerprint density at radius 1 is 0.972 bits per heavy atom. The van der Waals surface area contributed by atoms with Crippen LogP contribution in [-0.4, -0.2) is 39.7 Å². The number of carbonyl (C=O) groups is 1. The smallest absolute Gasteiger partial charge is 0.263 e.